The number of nitrogens with one attached hydrogen (secondary N) is 1. The molecule has 1 atom stereocenters. The Hall–Kier alpha value is -0.750. The smallest absolute Gasteiger partial charge is 0.137 e. The monoisotopic (exact) mass is 400 g/mol. The Morgan fingerprint density at radius 3 is 2.55 bits per heavy atom. The van der Waals surface area contributed by atoms with Crippen LogP contribution in [-0.4, -0.2) is 0 Å². The average Bonchev–Trinajstić information content (AvgIpc) is 2.41. The summed E-state index contributed by atoms with van der Waals surface area (Å²) in [7, 11) is 0. The van der Waals surface area contributed by atoms with E-state index in [1.807, 2.05) is 19.1 Å². The second-order valence-corrected chi connectivity index (χ2v) is 6.44. The van der Waals surface area contributed by atoms with Gasteiger partial charge in [0, 0.05) is 4.47 Å². The summed E-state index contributed by atoms with van der Waals surface area (Å²) in [6.45, 7) is 2.05. The predicted molar refractivity (Wildman–Crippen MR) is 86.7 cm³/mol. The summed E-state index contributed by atoms with van der Waals surface area (Å²) in [4.78, 5) is 0. The van der Waals surface area contributed by atoms with E-state index < -0.39 is 0 Å². The van der Waals surface area contributed by atoms with Crippen LogP contribution in [0.4, 0.5) is 4.39 Å². The van der Waals surface area contributed by atoms with E-state index in [9.17, 15) is 4.39 Å². The van der Waals surface area contributed by atoms with Gasteiger partial charge < -0.3 is 0 Å². The lowest BCUT2D eigenvalue weighted by atomic mass is 9.96. The third kappa shape index (κ3) is 3.67. The molecule has 0 bridgehead atoms. The minimum atomic E-state index is -0.258. The standard InChI is InChI=1S/C15H15Br2FN2/c1-9-6-11(16)3-4-12(9)15(20-19)8-10-2-5-14(18)13(17)7-10/h2-7,15,20H,8,19H2,1H3. The van der Waals surface area contributed by atoms with Gasteiger partial charge in [-0.25, -0.2) is 4.39 Å². The van der Waals surface area contributed by atoms with Crippen LogP contribution in [-0.2, 0) is 6.42 Å². The lowest BCUT2D eigenvalue weighted by Gasteiger charge is -2.19. The number of hydrazine groups is 1. The Labute approximate surface area is 134 Å². The first-order chi connectivity index (χ1) is 9.51. The quantitative estimate of drug-likeness (QED) is 0.588. The second kappa shape index (κ2) is 6.80. The fraction of sp³-hybridized carbons (Fsp3) is 0.200. The van der Waals surface area contributed by atoms with Crippen LogP contribution in [0.1, 0.15) is 22.7 Å². The molecular formula is C15H15Br2FN2. The molecule has 2 aromatic rings. The Balaban J connectivity index is 2.26. The maximum Gasteiger partial charge on any atom is 0.137 e. The fourth-order valence-corrected chi connectivity index (χ4v) is 3.09. The maximum absolute atomic E-state index is 13.3. The van der Waals surface area contributed by atoms with Crippen LogP contribution < -0.4 is 11.3 Å². The highest BCUT2D eigenvalue weighted by Crippen LogP contribution is 2.25. The van der Waals surface area contributed by atoms with E-state index in [0.717, 1.165) is 21.2 Å². The molecule has 3 N–H and O–H groups in total. The second-order valence-electron chi connectivity index (χ2n) is 4.67. The molecule has 106 valence electrons. The third-order valence-corrected chi connectivity index (χ3v) is 4.33. The first-order valence-electron chi connectivity index (χ1n) is 6.17. The summed E-state index contributed by atoms with van der Waals surface area (Å²) < 4.78 is 14.8. The summed E-state index contributed by atoms with van der Waals surface area (Å²) in [5.41, 5.74) is 6.15. The van der Waals surface area contributed by atoms with Crippen molar-refractivity contribution in [3.8, 4) is 0 Å². The molecule has 2 nitrogen and oxygen atoms in total. The van der Waals surface area contributed by atoms with E-state index >= 15 is 0 Å². The Kier molecular flexibility index (Phi) is 5.32. The molecule has 0 aliphatic rings. The van der Waals surface area contributed by atoms with Crippen LogP contribution in [0.2, 0.25) is 0 Å². The van der Waals surface area contributed by atoms with Crippen molar-refractivity contribution in [2.24, 2.45) is 5.84 Å². The number of rotatable bonds is 4. The predicted octanol–water partition coefficient (Wildman–Crippen LogP) is 4.41. The van der Waals surface area contributed by atoms with Crippen molar-refractivity contribution in [3.63, 3.8) is 0 Å². The van der Waals surface area contributed by atoms with Gasteiger partial charge in [0.2, 0.25) is 0 Å². The van der Waals surface area contributed by atoms with Crippen molar-refractivity contribution >= 4 is 31.9 Å². The number of hydrogen-bond acceptors (Lipinski definition) is 2. The molecule has 20 heavy (non-hydrogen) atoms. The molecule has 5 heteroatoms. The largest absolute Gasteiger partial charge is 0.271 e. The van der Waals surface area contributed by atoms with Crippen molar-refractivity contribution in [2.75, 3.05) is 0 Å². The number of benzene rings is 2. The lowest BCUT2D eigenvalue weighted by molar-refractivity contribution is 0.548. The van der Waals surface area contributed by atoms with Gasteiger partial charge in [-0.3, -0.25) is 11.3 Å². The average molecular weight is 402 g/mol. The molecule has 0 saturated carbocycles. The molecule has 1 unspecified atom stereocenters. The van der Waals surface area contributed by atoms with Crippen LogP contribution in [0.3, 0.4) is 0 Å². The zero-order chi connectivity index (χ0) is 14.7. The van der Waals surface area contributed by atoms with Crippen LogP contribution in [0, 0.1) is 12.7 Å². The molecule has 0 amide bonds. The van der Waals surface area contributed by atoms with Gasteiger partial charge >= 0.3 is 0 Å². The minimum absolute atomic E-state index is 0.0135. The number of nitrogens with two attached hydrogens (primary N) is 1. The fourth-order valence-electron chi connectivity index (χ4n) is 2.19. The Bertz CT molecular complexity index is 617. The number of aryl methyl sites for hydroxylation is 1. The molecule has 0 aliphatic heterocycles. The van der Waals surface area contributed by atoms with E-state index in [2.05, 4.69) is 43.4 Å². The van der Waals surface area contributed by atoms with Crippen molar-refractivity contribution in [1.82, 2.24) is 5.43 Å². The highest BCUT2D eigenvalue weighted by atomic mass is 79.9. The van der Waals surface area contributed by atoms with Crippen LogP contribution in [0.5, 0.6) is 0 Å². The van der Waals surface area contributed by atoms with E-state index in [0.29, 0.717) is 10.9 Å². The van der Waals surface area contributed by atoms with Gasteiger partial charge in [0.25, 0.3) is 0 Å². The molecule has 0 aliphatic carbocycles. The van der Waals surface area contributed by atoms with Gasteiger partial charge in [0.05, 0.1) is 10.5 Å². The summed E-state index contributed by atoms with van der Waals surface area (Å²) >= 11 is 6.66. The third-order valence-electron chi connectivity index (χ3n) is 3.23. The maximum atomic E-state index is 13.3. The van der Waals surface area contributed by atoms with Gasteiger partial charge in [-0.2, -0.15) is 0 Å². The molecule has 0 fully saturated rings. The molecule has 2 rings (SSSR count). The summed E-state index contributed by atoms with van der Waals surface area (Å²) in [5, 5.41) is 0. The van der Waals surface area contributed by atoms with Crippen LogP contribution in [0.25, 0.3) is 0 Å². The molecule has 2 aromatic carbocycles. The van der Waals surface area contributed by atoms with Gasteiger partial charge in [0.15, 0.2) is 0 Å². The van der Waals surface area contributed by atoms with E-state index in [1.165, 1.54) is 6.07 Å². The summed E-state index contributed by atoms with van der Waals surface area (Å²) in [5.74, 6) is 5.42. The van der Waals surface area contributed by atoms with E-state index in [4.69, 9.17) is 5.84 Å². The topological polar surface area (TPSA) is 38.0 Å². The number of hydrogen-bond donors (Lipinski definition) is 2. The van der Waals surface area contributed by atoms with Gasteiger partial charge in [-0.1, -0.05) is 28.1 Å². The molecule has 0 heterocycles. The normalized spacial score (nSPS) is 12.4. The first kappa shape index (κ1) is 15.6. The Morgan fingerprint density at radius 2 is 1.95 bits per heavy atom. The summed E-state index contributed by atoms with van der Waals surface area (Å²) in [6.07, 6.45) is 0.692. The Morgan fingerprint density at radius 1 is 1.20 bits per heavy atom. The molecule has 0 aromatic heterocycles. The van der Waals surface area contributed by atoms with Gasteiger partial charge in [0.1, 0.15) is 5.82 Å². The summed E-state index contributed by atoms with van der Waals surface area (Å²) in [6, 6.07) is 11.1. The molecule has 0 saturated heterocycles. The molecule has 0 radical (unpaired) electrons. The highest BCUT2D eigenvalue weighted by Gasteiger charge is 2.14. The van der Waals surface area contributed by atoms with Crippen molar-refractivity contribution in [1.29, 1.82) is 0 Å². The highest BCUT2D eigenvalue weighted by molar-refractivity contribution is 9.10. The van der Waals surface area contributed by atoms with E-state index in [1.54, 1.807) is 12.1 Å². The minimum Gasteiger partial charge on any atom is -0.271 e. The first-order valence-corrected chi connectivity index (χ1v) is 7.76. The lowest BCUT2D eigenvalue weighted by Crippen LogP contribution is -2.30. The van der Waals surface area contributed by atoms with Crippen molar-refractivity contribution in [2.45, 2.75) is 19.4 Å². The van der Waals surface area contributed by atoms with Crippen molar-refractivity contribution in [3.05, 3.63) is 67.9 Å². The zero-order valence-electron chi connectivity index (χ0n) is 11.0. The number of halogens is 3. The zero-order valence-corrected chi connectivity index (χ0v) is 14.1. The SMILES string of the molecule is Cc1cc(Br)ccc1C(Cc1ccc(F)c(Br)c1)NN. The van der Waals surface area contributed by atoms with Crippen LogP contribution in [0.15, 0.2) is 45.3 Å². The van der Waals surface area contributed by atoms with Crippen LogP contribution >= 0.6 is 31.9 Å². The molecular weight excluding hydrogens is 387 g/mol. The van der Waals surface area contributed by atoms with E-state index in [-0.39, 0.29) is 11.9 Å². The van der Waals surface area contributed by atoms with Gasteiger partial charge in [-0.15, -0.1) is 0 Å². The molecule has 0 spiro atoms. The van der Waals surface area contributed by atoms with Gasteiger partial charge in [-0.05, 0) is 70.2 Å². The van der Waals surface area contributed by atoms with Crippen molar-refractivity contribution < 1.29 is 4.39 Å².